The Balaban J connectivity index is 1.86. The van der Waals surface area contributed by atoms with Crippen LogP contribution in [0.5, 0.6) is 0 Å². The molecule has 0 spiro atoms. The summed E-state index contributed by atoms with van der Waals surface area (Å²) in [6.45, 7) is 13.2. The molecule has 0 amide bonds. The summed E-state index contributed by atoms with van der Waals surface area (Å²) in [6.07, 6.45) is 1.61. The minimum absolute atomic E-state index is 0.171. The molecule has 1 aliphatic rings. The van der Waals surface area contributed by atoms with Gasteiger partial charge in [-0.25, -0.2) is 13.6 Å². The molecule has 2 heterocycles. The molecule has 1 atom stereocenters. The SMILES string of the molecule is Cc1cc(Cn2c(N3CCNCC3)nc3c(/C=N/S(=O)C(C)(C)C)cc(Cl)cc32)cc(C)c1F. The number of halogens is 2. The lowest BCUT2D eigenvalue weighted by Gasteiger charge is -2.29. The quantitative estimate of drug-likeness (QED) is 0.509. The van der Waals surface area contributed by atoms with E-state index in [-0.39, 0.29) is 5.82 Å². The lowest BCUT2D eigenvalue weighted by Crippen LogP contribution is -2.44. The second kappa shape index (κ2) is 9.76. The first kappa shape index (κ1) is 24.8. The van der Waals surface area contributed by atoms with Gasteiger partial charge in [-0.1, -0.05) is 23.7 Å². The van der Waals surface area contributed by atoms with E-state index in [1.807, 2.05) is 39.0 Å². The molecule has 0 bridgehead atoms. The van der Waals surface area contributed by atoms with E-state index >= 15 is 0 Å². The fourth-order valence-electron chi connectivity index (χ4n) is 4.13. The van der Waals surface area contributed by atoms with E-state index in [2.05, 4.69) is 19.2 Å². The Morgan fingerprint density at radius 1 is 1.18 bits per heavy atom. The third-order valence-corrected chi connectivity index (χ3v) is 7.44. The second-order valence-corrected chi connectivity index (χ2v) is 12.1. The van der Waals surface area contributed by atoms with Crippen molar-refractivity contribution >= 4 is 45.8 Å². The Morgan fingerprint density at radius 2 is 1.82 bits per heavy atom. The van der Waals surface area contributed by atoms with Crippen LogP contribution in [-0.2, 0) is 17.5 Å². The van der Waals surface area contributed by atoms with Crippen LogP contribution in [-0.4, -0.2) is 50.9 Å². The number of nitrogens with one attached hydrogen (secondary N) is 1. The molecule has 2 aromatic carbocycles. The first-order chi connectivity index (χ1) is 16.0. The average Bonchev–Trinajstić information content (AvgIpc) is 3.13. The van der Waals surface area contributed by atoms with Crippen molar-refractivity contribution in [2.45, 2.75) is 45.9 Å². The number of fused-ring (bicyclic) bond motifs is 1. The molecule has 6 nitrogen and oxygen atoms in total. The summed E-state index contributed by atoms with van der Waals surface area (Å²) in [5.41, 5.74) is 4.59. The van der Waals surface area contributed by atoms with Gasteiger partial charge in [0.1, 0.15) is 16.8 Å². The Bertz CT molecular complexity index is 1250. The van der Waals surface area contributed by atoms with E-state index in [1.54, 1.807) is 26.1 Å². The summed E-state index contributed by atoms with van der Waals surface area (Å²) in [5, 5.41) is 3.93. The normalized spacial score (nSPS) is 16.0. The van der Waals surface area contributed by atoms with Crippen molar-refractivity contribution in [1.82, 2.24) is 14.9 Å². The number of aromatic nitrogens is 2. The number of nitrogens with zero attached hydrogens (tertiary/aromatic N) is 4. The van der Waals surface area contributed by atoms with E-state index < -0.39 is 15.7 Å². The molecule has 0 aliphatic carbocycles. The van der Waals surface area contributed by atoms with E-state index in [0.717, 1.165) is 54.3 Å². The molecule has 1 fully saturated rings. The highest BCUT2D eigenvalue weighted by Gasteiger charge is 2.22. The van der Waals surface area contributed by atoms with Crippen LogP contribution in [0.15, 0.2) is 28.7 Å². The molecule has 34 heavy (non-hydrogen) atoms. The molecule has 1 aromatic heterocycles. The monoisotopic (exact) mass is 503 g/mol. The highest BCUT2D eigenvalue weighted by atomic mass is 35.5. The predicted molar refractivity (Wildman–Crippen MR) is 140 cm³/mol. The van der Waals surface area contributed by atoms with Gasteiger partial charge in [0.25, 0.3) is 0 Å². The minimum Gasteiger partial charge on any atom is -0.340 e. The smallest absolute Gasteiger partial charge is 0.206 e. The maximum absolute atomic E-state index is 14.3. The third-order valence-electron chi connectivity index (χ3n) is 5.88. The van der Waals surface area contributed by atoms with Crippen LogP contribution in [0.25, 0.3) is 11.0 Å². The zero-order valence-electron chi connectivity index (χ0n) is 20.3. The van der Waals surface area contributed by atoms with Gasteiger partial charge in [0.05, 0.1) is 22.3 Å². The molecular weight excluding hydrogens is 473 g/mol. The van der Waals surface area contributed by atoms with Gasteiger partial charge in [-0.15, -0.1) is 0 Å². The van der Waals surface area contributed by atoms with E-state index in [9.17, 15) is 8.60 Å². The number of aryl methyl sites for hydroxylation is 2. The fraction of sp³-hybridized carbons (Fsp3) is 0.440. The molecular formula is C25H31ClFN5OS. The Labute approximate surface area is 207 Å². The van der Waals surface area contributed by atoms with E-state index in [4.69, 9.17) is 16.6 Å². The zero-order valence-corrected chi connectivity index (χ0v) is 21.9. The average molecular weight is 504 g/mol. The highest BCUT2D eigenvalue weighted by Crippen LogP contribution is 2.30. The molecule has 1 N–H and O–H groups in total. The number of hydrogen-bond donors (Lipinski definition) is 1. The summed E-state index contributed by atoms with van der Waals surface area (Å²) in [4.78, 5) is 7.27. The van der Waals surface area contributed by atoms with Crippen LogP contribution in [0.1, 0.15) is 43.0 Å². The number of hydrogen-bond acceptors (Lipinski definition) is 4. The lowest BCUT2D eigenvalue weighted by atomic mass is 10.1. The van der Waals surface area contributed by atoms with Crippen LogP contribution in [0.3, 0.4) is 0 Å². The Morgan fingerprint density at radius 3 is 2.44 bits per heavy atom. The number of imidazole rings is 1. The predicted octanol–water partition coefficient (Wildman–Crippen LogP) is 4.78. The number of rotatable bonds is 5. The van der Waals surface area contributed by atoms with Gasteiger partial charge in [-0.2, -0.15) is 4.40 Å². The molecule has 4 rings (SSSR count). The van der Waals surface area contributed by atoms with Gasteiger partial charge in [0, 0.05) is 43.0 Å². The van der Waals surface area contributed by atoms with Crippen molar-refractivity contribution in [3.05, 3.63) is 57.4 Å². The topological polar surface area (TPSA) is 62.5 Å². The molecule has 1 saturated heterocycles. The first-order valence-corrected chi connectivity index (χ1v) is 12.9. The Hall–Kier alpha value is -2.29. The maximum Gasteiger partial charge on any atom is 0.206 e. The number of piperazine rings is 1. The van der Waals surface area contributed by atoms with Crippen molar-refractivity contribution in [2.24, 2.45) is 4.40 Å². The van der Waals surface area contributed by atoms with Gasteiger partial charge in [-0.05, 0) is 63.4 Å². The van der Waals surface area contributed by atoms with E-state index in [0.29, 0.717) is 22.7 Å². The molecule has 1 aliphatic heterocycles. The summed E-state index contributed by atoms with van der Waals surface area (Å²) in [6, 6.07) is 7.47. The fourth-order valence-corrected chi connectivity index (χ4v) is 4.88. The zero-order chi connectivity index (χ0) is 24.6. The van der Waals surface area contributed by atoms with Gasteiger partial charge < -0.3 is 14.8 Å². The molecule has 3 aromatic rings. The van der Waals surface area contributed by atoms with Crippen LogP contribution >= 0.6 is 11.6 Å². The van der Waals surface area contributed by atoms with Crippen LogP contribution < -0.4 is 10.2 Å². The van der Waals surface area contributed by atoms with E-state index in [1.165, 1.54) is 0 Å². The minimum atomic E-state index is -1.39. The summed E-state index contributed by atoms with van der Waals surface area (Å²) < 4.78 is 32.8. The summed E-state index contributed by atoms with van der Waals surface area (Å²) in [7, 11) is -1.39. The van der Waals surface area contributed by atoms with Gasteiger partial charge in [0.15, 0.2) is 0 Å². The van der Waals surface area contributed by atoms with Crippen molar-refractivity contribution < 1.29 is 8.60 Å². The van der Waals surface area contributed by atoms with Gasteiger partial charge in [-0.3, -0.25) is 0 Å². The lowest BCUT2D eigenvalue weighted by molar-refractivity contribution is 0.571. The standard InChI is InChI=1S/C25H31ClFN5OS/c1-16-10-18(11-17(2)22(16)27)15-32-21-13-20(26)12-19(14-29-34(33)25(3,4)5)23(21)30-24(32)31-8-6-28-7-9-31/h10-14,28H,6-9,15H2,1-5H3/b29-14+. The van der Waals surface area contributed by atoms with Crippen molar-refractivity contribution in [3.8, 4) is 0 Å². The van der Waals surface area contributed by atoms with Crippen LogP contribution in [0, 0.1) is 19.7 Å². The van der Waals surface area contributed by atoms with Crippen LogP contribution in [0.2, 0.25) is 5.02 Å². The van der Waals surface area contributed by atoms with Gasteiger partial charge >= 0.3 is 0 Å². The van der Waals surface area contributed by atoms with Gasteiger partial charge in [0.2, 0.25) is 5.95 Å². The molecule has 9 heteroatoms. The molecule has 1 unspecified atom stereocenters. The molecule has 182 valence electrons. The molecule has 0 radical (unpaired) electrons. The van der Waals surface area contributed by atoms with Crippen LogP contribution in [0.4, 0.5) is 10.3 Å². The largest absolute Gasteiger partial charge is 0.340 e. The highest BCUT2D eigenvalue weighted by molar-refractivity contribution is 7.85. The molecule has 0 saturated carbocycles. The summed E-state index contributed by atoms with van der Waals surface area (Å²) in [5.74, 6) is 0.667. The maximum atomic E-state index is 14.3. The van der Waals surface area contributed by atoms with Crippen molar-refractivity contribution in [2.75, 3.05) is 31.1 Å². The Kier molecular flexibility index (Phi) is 7.12. The first-order valence-electron chi connectivity index (χ1n) is 11.4. The van der Waals surface area contributed by atoms with Crippen molar-refractivity contribution in [1.29, 1.82) is 0 Å². The number of anilines is 1. The second-order valence-electron chi connectivity index (χ2n) is 9.74. The number of benzene rings is 2. The van der Waals surface area contributed by atoms with Crippen molar-refractivity contribution in [3.63, 3.8) is 0 Å². The summed E-state index contributed by atoms with van der Waals surface area (Å²) >= 11 is 6.52. The third kappa shape index (κ3) is 5.19.